The van der Waals surface area contributed by atoms with Gasteiger partial charge in [0.05, 0.1) is 18.5 Å². The number of benzene rings is 2. The van der Waals surface area contributed by atoms with E-state index in [1.807, 2.05) is 0 Å². The molecule has 0 aliphatic rings. The molecule has 0 atom stereocenters. The van der Waals surface area contributed by atoms with Gasteiger partial charge in [-0.15, -0.1) is 0 Å². The van der Waals surface area contributed by atoms with E-state index in [0.717, 1.165) is 5.56 Å². The Labute approximate surface area is 164 Å². The van der Waals surface area contributed by atoms with E-state index < -0.39 is 11.7 Å². The van der Waals surface area contributed by atoms with Crippen LogP contribution in [-0.4, -0.2) is 24.7 Å². The predicted molar refractivity (Wildman–Crippen MR) is 106 cm³/mol. The van der Waals surface area contributed by atoms with Crippen molar-refractivity contribution in [3.63, 3.8) is 0 Å². The standard InChI is InChI=1S/C21H25FN2O4/c1-21(2,3)28-20(26)24-17-10-9-16(27-4)13-18(17)23-19(25)11-8-14-6-5-7-15(22)12-14/h5-7,9-10,12-13H,8,11H2,1-4H3,(H,23,25)(H,24,26). The van der Waals surface area contributed by atoms with Crippen molar-refractivity contribution < 1.29 is 23.5 Å². The summed E-state index contributed by atoms with van der Waals surface area (Å²) in [4.78, 5) is 24.4. The summed E-state index contributed by atoms with van der Waals surface area (Å²) in [5.74, 6) is -0.0885. The second kappa shape index (κ2) is 9.21. The van der Waals surface area contributed by atoms with Crippen molar-refractivity contribution in [1.29, 1.82) is 0 Å². The van der Waals surface area contributed by atoms with E-state index in [1.165, 1.54) is 19.2 Å². The van der Waals surface area contributed by atoms with Crippen molar-refractivity contribution in [1.82, 2.24) is 0 Å². The number of aryl methyl sites for hydroxylation is 1. The molecule has 150 valence electrons. The molecule has 6 nitrogen and oxygen atoms in total. The van der Waals surface area contributed by atoms with Crippen molar-refractivity contribution >= 4 is 23.4 Å². The molecule has 28 heavy (non-hydrogen) atoms. The van der Waals surface area contributed by atoms with E-state index in [-0.39, 0.29) is 18.1 Å². The molecule has 2 aromatic carbocycles. The van der Waals surface area contributed by atoms with E-state index in [0.29, 0.717) is 23.5 Å². The van der Waals surface area contributed by atoms with E-state index in [2.05, 4.69) is 10.6 Å². The molecule has 2 N–H and O–H groups in total. The van der Waals surface area contributed by atoms with Gasteiger partial charge in [-0.2, -0.15) is 0 Å². The predicted octanol–water partition coefficient (Wildman–Crippen LogP) is 4.75. The molecule has 2 aromatic rings. The van der Waals surface area contributed by atoms with E-state index in [4.69, 9.17) is 9.47 Å². The first kappa shape index (κ1) is 21.2. The van der Waals surface area contributed by atoms with Crippen molar-refractivity contribution in [3.05, 3.63) is 53.8 Å². The monoisotopic (exact) mass is 388 g/mol. The Balaban J connectivity index is 2.07. The normalized spacial score (nSPS) is 10.9. The number of carbonyl (C=O) groups excluding carboxylic acids is 2. The third-order valence-electron chi connectivity index (χ3n) is 3.67. The number of methoxy groups -OCH3 is 1. The molecule has 0 unspecified atom stereocenters. The van der Waals surface area contributed by atoms with Crippen LogP contribution < -0.4 is 15.4 Å². The highest BCUT2D eigenvalue weighted by molar-refractivity contribution is 5.98. The quantitative estimate of drug-likeness (QED) is 0.748. The number of amides is 2. The molecule has 0 aliphatic carbocycles. The smallest absolute Gasteiger partial charge is 0.412 e. The molecule has 0 fully saturated rings. The molecule has 0 aliphatic heterocycles. The van der Waals surface area contributed by atoms with Crippen LogP contribution in [0.5, 0.6) is 5.75 Å². The molecular weight excluding hydrogens is 363 g/mol. The van der Waals surface area contributed by atoms with Gasteiger partial charge in [-0.25, -0.2) is 9.18 Å². The van der Waals surface area contributed by atoms with Gasteiger partial charge >= 0.3 is 6.09 Å². The Kier molecular flexibility index (Phi) is 6.98. The first-order valence-electron chi connectivity index (χ1n) is 8.88. The molecule has 0 aromatic heterocycles. The number of nitrogens with one attached hydrogen (secondary N) is 2. The maximum atomic E-state index is 13.2. The van der Waals surface area contributed by atoms with Gasteiger partial charge in [-0.1, -0.05) is 12.1 Å². The molecule has 2 rings (SSSR count). The van der Waals surface area contributed by atoms with Gasteiger partial charge in [0.25, 0.3) is 0 Å². The summed E-state index contributed by atoms with van der Waals surface area (Å²) in [5, 5.41) is 5.38. The van der Waals surface area contributed by atoms with Crippen LogP contribution in [0.2, 0.25) is 0 Å². The van der Waals surface area contributed by atoms with Crippen LogP contribution in [0.3, 0.4) is 0 Å². The lowest BCUT2D eigenvalue weighted by Gasteiger charge is -2.20. The molecule has 2 amide bonds. The summed E-state index contributed by atoms with van der Waals surface area (Å²) in [6.07, 6.45) is -0.0810. The van der Waals surface area contributed by atoms with Gasteiger partial charge in [-0.05, 0) is 57.0 Å². The Morgan fingerprint density at radius 2 is 1.79 bits per heavy atom. The number of carbonyl (C=O) groups is 2. The molecule has 7 heteroatoms. The number of rotatable bonds is 6. The zero-order valence-corrected chi connectivity index (χ0v) is 16.5. The van der Waals surface area contributed by atoms with Crippen molar-refractivity contribution in [3.8, 4) is 5.75 Å². The molecule has 0 saturated heterocycles. The minimum atomic E-state index is -0.648. The zero-order valence-electron chi connectivity index (χ0n) is 16.5. The average molecular weight is 388 g/mol. The molecule has 0 spiro atoms. The van der Waals surface area contributed by atoms with Crippen LogP contribution >= 0.6 is 0 Å². The largest absolute Gasteiger partial charge is 0.497 e. The fourth-order valence-electron chi connectivity index (χ4n) is 2.44. The Morgan fingerprint density at radius 3 is 2.43 bits per heavy atom. The molecule has 0 saturated carbocycles. The lowest BCUT2D eigenvalue weighted by Crippen LogP contribution is -2.27. The van der Waals surface area contributed by atoms with Gasteiger partial charge in [0.15, 0.2) is 0 Å². The van der Waals surface area contributed by atoms with Crippen LogP contribution in [0.25, 0.3) is 0 Å². The van der Waals surface area contributed by atoms with Crippen molar-refractivity contribution in [2.75, 3.05) is 17.7 Å². The Hall–Kier alpha value is -3.09. The van der Waals surface area contributed by atoms with Crippen molar-refractivity contribution in [2.45, 2.75) is 39.2 Å². The first-order valence-corrected chi connectivity index (χ1v) is 8.88. The topological polar surface area (TPSA) is 76.7 Å². The van der Waals surface area contributed by atoms with Crippen LogP contribution in [0.1, 0.15) is 32.8 Å². The lowest BCUT2D eigenvalue weighted by molar-refractivity contribution is -0.116. The second-order valence-corrected chi connectivity index (χ2v) is 7.22. The third kappa shape index (κ3) is 6.90. The van der Waals surface area contributed by atoms with Crippen molar-refractivity contribution in [2.24, 2.45) is 0 Å². The Bertz CT molecular complexity index is 847. The number of anilines is 2. The van der Waals surface area contributed by atoms with Crippen LogP contribution in [0.4, 0.5) is 20.6 Å². The van der Waals surface area contributed by atoms with E-state index in [1.54, 1.807) is 51.1 Å². The summed E-state index contributed by atoms with van der Waals surface area (Å²) >= 11 is 0. The third-order valence-corrected chi connectivity index (χ3v) is 3.67. The zero-order chi connectivity index (χ0) is 20.7. The van der Waals surface area contributed by atoms with Gasteiger partial charge in [-0.3, -0.25) is 10.1 Å². The molecular formula is C21H25FN2O4. The number of halogens is 1. The van der Waals surface area contributed by atoms with E-state index >= 15 is 0 Å². The summed E-state index contributed by atoms with van der Waals surface area (Å²) < 4.78 is 23.7. The molecule has 0 radical (unpaired) electrons. The second-order valence-electron chi connectivity index (χ2n) is 7.22. The maximum Gasteiger partial charge on any atom is 0.412 e. The van der Waals surface area contributed by atoms with Gasteiger partial charge in [0, 0.05) is 12.5 Å². The highest BCUT2D eigenvalue weighted by Crippen LogP contribution is 2.28. The van der Waals surface area contributed by atoms with Gasteiger partial charge in [0.2, 0.25) is 5.91 Å². The fourth-order valence-corrected chi connectivity index (χ4v) is 2.44. The van der Waals surface area contributed by atoms with E-state index in [9.17, 15) is 14.0 Å². The highest BCUT2D eigenvalue weighted by Gasteiger charge is 2.18. The number of hydrogen-bond acceptors (Lipinski definition) is 4. The minimum Gasteiger partial charge on any atom is -0.497 e. The number of hydrogen-bond donors (Lipinski definition) is 2. The van der Waals surface area contributed by atoms with Crippen LogP contribution in [0, 0.1) is 5.82 Å². The summed E-state index contributed by atoms with van der Waals surface area (Å²) in [7, 11) is 1.51. The minimum absolute atomic E-state index is 0.159. The maximum absolute atomic E-state index is 13.2. The first-order chi connectivity index (χ1) is 13.2. The average Bonchev–Trinajstić information content (AvgIpc) is 2.60. The lowest BCUT2D eigenvalue weighted by atomic mass is 10.1. The molecule has 0 bridgehead atoms. The molecule has 0 heterocycles. The Morgan fingerprint density at radius 1 is 1.04 bits per heavy atom. The van der Waals surface area contributed by atoms with Crippen LogP contribution in [0.15, 0.2) is 42.5 Å². The highest BCUT2D eigenvalue weighted by atomic mass is 19.1. The van der Waals surface area contributed by atoms with Crippen LogP contribution in [-0.2, 0) is 16.0 Å². The van der Waals surface area contributed by atoms with Gasteiger partial charge in [0.1, 0.15) is 17.2 Å². The SMILES string of the molecule is COc1ccc(NC(=O)OC(C)(C)C)c(NC(=O)CCc2cccc(F)c2)c1. The fraction of sp³-hybridized carbons (Fsp3) is 0.333. The summed E-state index contributed by atoms with van der Waals surface area (Å²) in [5.41, 5.74) is 0.849. The summed E-state index contributed by atoms with van der Waals surface area (Å²) in [6.45, 7) is 5.28. The van der Waals surface area contributed by atoms with Gasteiger partial charge < -0.3 is 14.8 Å². The summed E-state index contributed by atoms with van der Waals surface area (Å²) in [6, 6.07) is 11.0. The number of ether oxygens (including phenoxy) is 2.